The van der Waals surface area contributed by atoms with Crippen LogP contribution in [0, 0.1) is 0 Å². The first-order chi connectivity index (χ1) is 14.6. The van der Waals surface area contributed by atoms with Gasteiger partial charge in [0.25, 0.3) is 0 Å². The van der Waals surface area contributed by atoms with Crippen molar-refractivity contribution in [1.29, 1.82) is 0 Å². The molecule has 1 saturated carbocycles. The quantitative estimate of drug-likeness (QED) is 0.807. The molecule has 0 radical (unpaired) electrons. The maximum atomic E-state index is 12.7. The third-order valence-electron chi connectivity index (χ3n) is 6.80. The van der Waals surface area contributed by atoms with Gasteiger partial charge in [0.1, 0.15) is 6.61 Å². The molecule has 5 rings (SSSR count). The van der Waals surface area contributed by atoms with E-state index in [4.69, 9.17) is 14.2 Å². The van der Waals surface area contributed by atoms with Crippen LogP contribution in [0.3, 0.4) is 0 Å². The number of carbonyl (C=O) groups excluding carboxylic acids is 1. The van der Waals surface area contributed by atoms with Crippen molar-refractivity contribution in [2.24, 2.45) is 0 Å². The molecule has 1 amide bonds. The van der Waals surface area contributed by atoms with E-state index in [1.54, 1.807) is 0 Å². The summed E-state index contributed by atoms with van der Waals surface area (Å²) < 4.78 is 17.2. The van der Waals surface area contributed by atoms with E-state index >= 15 is 0 Å². The Kier molecular flexibility index (Phi) is 5.01. The van der Waals surface area contributed by atoms with E-state index in [-0.39, 0.29) is 19.1 Å². The molecule has 158 valence electrons. The van der Waals surface area contributed by atoms with Crippen molar-refractivity contribution >= 4 is 6.09 Å². The van der Waals surface area contributed by atoms with Gasteiger partial charge in [0.05, 0.1) is 25.4 Å². The van der Waals surface area contributed by atoms with Crippen LogP contribution < -0.4 is 5.32 Å². The van der Waals surface area contributed by atoms with Crippen LogP contribution in [0.2, 0.25) is 0 Å². The number of carbonyl (C=O) groups is 1. The molecule has 1 heterocycles. The third kappa shape index (κ3) is 3.39. The number of nitrogens with one attached hydrogen (secondary N) is 1. The van der Waals surface area contributed by atoms with E-state index in [0.717, 1.165) is 0 Å². The zero-order valence-electron chi connectivity index (χ0n) is 16.9. The number of rotatable bonds is 4. The van der Waals surface area contributed by atoms with E-state index in [2.05, 4.69) is 29.6 Å². The van der Waals surface area contributed by atoms with E-state index < -0.39 is 17.4 Å². The van der Waals surface area contributed by atoms with Crippen LogP contribution in [0.25, 0.3) is 11.1 Å². The molecule has 2 aliphatic carbocycles. The standard InChI is InChI=1S/C24H27NO5/c26-16-23(9-11-24(12-10-23)29-13-14-30-24)25-22(27)28-15-21-19-7-3-1-5-17(19)18-6-2-4-8-20(18)21/h1-8,21,26H,9-16H2,(H,25,27). The summed E-state index contributed by atoms with van der Waals surface area (Å²) in [5, 5.41) is 12.9. The Morgan fingerprint density at radius 1 is 0.967 bits per heavy atom. The lowest BCUT2D eigenvalue weighted by Gasteiger charge is -2.42. The minimum atomic E-state index is -0.691. The van der Waals surface area contributed by atoms with E-state index in [1.165, 1.54) is 22.3 Å². The van der Waals surface area contributed by atoms with E-state index in [1.807, 2.05) is 24.3 Å². The second-order valence-corrected chi connectivity index (χ2v) is 8.50. The first-order valence-electron chi connectivity index (χ1n) is 10.7. The van der Waals surface area contributed by atoms with Gasteiger partial charge in [-0.3, -0.25) is 0 Å². The summed E-state index contributed by atoms with van der Waals surface area (Å²) in [6, 6.07) is 16.5. The van der Waals surface area contributed by atoms with E-state index in [0.29, 0.717) is 38.9 Å². The fraction of sp³-hybridized carbons (Fsp3) is 0.458. The molecule has 3 aliphatic rings. The molecule has 0 atom stereocenters. The first-order valence-corrected chi connectivity index (χ1v) is 10.7. The molecular formula is C24H27NO5. The number of aliphatic hydroxyl groups is 1. The summed E-state index contributed by atoms with van der Waals surface area (Å²) in [5.74, 6) is -0.523. The second-order valence-electron chi connectivity index (χ2n) is 8.50. The van der Waals surface area contributed by atoms with Gasteiger partial charge >= 0.3 is 6.09 Å². The summed E-state index contributed by atoms with van der Waals surface area (Å²) in [4.78, 5) is 12.7. The first kappa shape index (κ1) is 19.5. The zero-order valence-corrected chi connectivity index (χ0v) is 16.9. The molecule has 30 heavy (non-hydrogen) atoms. The van der Waals surface area contributed by atoms with E-state index in [9.17, 15) is 9.90 Å². The molecular weight excluding hydrogens is 382 g/mol. The molecule has 0 bridgehead atoms. The minimum absolute atomic E-state index is 0.0168. The second kappa shape index (κ2) is 7.69. The van der Waals surface area contributed by atoms with Gasteiger partial charge in [0, 0.05) is 18.8 Å². The molecule has 6 heteroatoms. The summed E-state index contributed by atoms with van der Waals surface area (Å²) in [6.45, 7) is 1.34. The van der Waals surface area contributed by atoms with Gasteiger partial charge in [0.2, 0.25) is 0 Å². The Hall–Kier alpha value is -2.41. The Bertz CT molecular complexity index is 881. The number of aliphatic hydroxyl groups excluding tert-OH is 1. The average molecular weight is 409 g/mol. The number of amides is 1. The van der Waals surface area contributed by atoms with Gasteiger partial charge in [-0.25, -0.2) is 4.79 Å². The molecule has 2 N–H and O–H groups in total. The number of hydrogen-bond donors (Lipinski definition) is 2. The summed E-state index contributed by atoms with van der Waals surface area (Å²) >= 11 is 0. The van der Waals surface area contributed by atoms with Gasteiger partial charge in [0.15, 0.2) is 5.79 Å². The lowest BCUT2D eigenvalue weighted by atomic mass is 9.79. The number of hydrogen-bond acceptors (Lipinski definition) is 5. The van der Waals surface area contributed by atoms with Gasteiger partial charge in [-0.15, -0.1) is 0 Å². The topological polar surface area (TPSA) is 77.0 Å². The lowest BCUT2D eigenvalue weighted by molar-refractivity contribution is -0.187. The number of alkyl carbamates (subject to hydrolysis) is 1. The number of ether oxygens (including phenoxy) is 3. The third-order valence-corrected chi connectivity index (χ3v) is 6.80. The SMILES string of the molecule is O=C(NC1(CO)CCC2(CC1)OCCO2)OCC1c2ccccc2-c2ccccc21. The number of fused-ring (bicyclic) bond motifs is 3. The molecule has 0 aromatic heterocycles. The predicted molar refractivity (Wildman–Crippen MR) is 111 cm³/mol. The Morgan fingerprint density at radius 2 is 1.53 bits per heavy atom. The highest BCUT2D eigenvalue weighted by Gasteiger charge is 2.47. The largest absolute Gasteiger partial charge is 0.449 e. The fourth-order valence-corrected chi connectivity index (χ4v) is 5.07. The minimum Gasteiger partial charge on any atom is -0.449 e. The van der Waals surface area contributed by atoms with Crippen molar-refractivity contribution in [3.05, 3.63) is 59.7 Å². The monoisotopic (exact) mass is 409 g/mol. The lowest BCUT2D eigenvalue weighted by Crippen LogP contribution is -2.56. The zero-order chi connectivity index (χ0) is 20.6. The van der Waals surface area contributed by atoms with Crippen LogP contribution in [0.15, 0.2) is 48.5 Å². The van der Waals surface area contributed by atoms with Crippen molar-refractivity contribution < 1.29 is 24.1 Å². The molecule has 1 spiro atoms. The van der Waals surface area contributed by atoms with Crippen molar-refractivity contribution in [1.82, 2.24) is 5.32 Å². The van der Waals surface area contributed by atoms with Crippen LogP contribution >= 0.6 is 0 Å². The molecule has 1 aliphatic heterocycles. The Balaban J connectivity index is 1.24. The summed E-state index contributed by atoms with van der Waals surface area (Å²) in [7, 11) is 0. The van der Waals surface area contributed by atoms with Gasteiger partial charge in [-0.1, -0.05) is 48.5 Å². The summed E-state index contributed by atoms with van der Waals surface area (Å²) in [6.07, 6.45) is 1.99. The van der Waals surface area contributed by atoms with Gasteiger partial charge in [-0.05, 0) is 35.1 Å². The van der Waals surface area contributed by atoms with Crippen molar-refractivity contribution in [3.63, 3.8) is 0 Å². The molecule has 0 unspecified atom stereocenters. The van der Waals surface area contributed by atoms with Crippen LogP contribution in [-0.2, 0) is 14.2 Å². The average Bonchev–Trinajstić information content (AvgIpc) is 3.37. The van der Waals surface area contributed by atoms with Crippen molar-refractivity contribution in [2.45, 2.75) is 42.9 Å². The Morgan fingerprint density at radius 3 is 2.10 bits per heavy atom. The van der Waals surface area contributed by atoms with Crippen molar-refractivity contribution in [2.75, 3.05) is 26.4 Å². The normalized spacial score (nSPS) is 21.2. The maximum absolute atomic E-state index is 12.7. The van der Waals surface area contributed by atoms with Gasteiger partial charge < -0.3 is 24.6 Å². The van der Waals surface area contributed by atoms with Crippen LogP contribution in [0.5, 0.6) is 0 Å². The highest BCUT2D eigenvalue weighted by Crippen LogP contribution is 2.44. The summed E-state index contributed by atoms with van der Waals surface area (Å²) in [5.41, 5.74) is 4.06. The smallest absolute Gasteiger partial charge is 0.407 e. The molecule has 2 aromatic carbocycles. The maximum Gasteiger partial charge on any atom is 0.407 e. The van der Waals surface area contributed by atoms with Crippen LogP contribution in [-0.4, -0.2) is 49.0 Å². The molecule has 2 fully saturated rings. The van der Waals surface area contributed by atoms with Crippen molar-refractivity contribution in [3.8, 4) is 11.1 Å². The fourth-order valence-electron chi connectivity index (χ4n) is 5.07. The number of benzene rings is 2. The van der Waals surface area contributed by atoms with Crippen LogP contribution in [0.4, 0.5) is 4.79 Å². The highest BCUT2D eigenvalue weighted by atomic mass is 16.7. The highest BCUT2D eigenvalue weighted by molar-refractivity contribution is 5.79. The molecule has 1 saturated heterocycles. The van der Waals surface area contributed by atoms with Gasteiger partial charge in [-0.2, -0.15) is 0 Å². The van der Waals surface area contributed by atoms with Crippen LogP contribution in [0.1, 0.15) is 42.7 Å². The Labute approximate surface area is 176 Å². The molecule has 6 nitrogen and oxygen atoms in total. The predicted octanol–water partition coefficient (Wildman–Crippen LogP) is 3.57. The molecule has 2 aromatic rings.